The number of nitrogens with one attached hydrogen (secondary N) is 1. The van der Waals surface area contributed by atoms with Crippen molar-refractivity contribution in [3.05, 3.63) is 63.9 Å². The second-order valence-electron chi connectivity index (χ2n) is 5.93. The second kappa shape index (κ2) is 8.91. The first-order chi connectivity index (χ1) is 12.6. The van der Waals surface area contributed by atoms with Gasteiger partial charge in [0, 0.05) is 6.54 Å². The monoisotopic (exact) mass is 432 g/mol. The molecule has 2 aromatic rings. The van der Waals surface area contributed by atoms with E-state index in [0.717, 1.165) is 10.6 Å². The Labute approximate surface area is 168 Å². The van der Waals surface area contributed by atoms with Crippen LogP contribution in [0.2, 0.25) is 10.0 Å². The lowest BCUT2D eigenvalue weighted by Gasteiger charge is -2.30. The van der Waals surface area contributed by atoms with Crippen LogP contribution >= 0.6 is 23.2 Å². The van der Waals surface area contributed by atoms with Crippen LogP contribution in [-0.2, 0) is 21.4 Å². The minimum absolute atomic E-state index is 0.147. The van der Waals surface area contributed by atoms with Gasteiger partial charge < -0.3 is 5.32 Å². The number of carbonyl (C=O) groups excluding carboxylic acids is 1. The molecular formula is C18H19Cl2FN2O3S. The highest BCUT2D eigenvalue weighted by atomic mass is 35.5. The molecule has 1 unspecified atom stereocenters. The molecule has 0 heterocycles. The number of nitrogens with zero attached hydrogens (tertiary/aromatic N) is 1. The molecule has 0 radical (unpaired) electrons. The summed E-state index contributed by atoms with van der Waals surface area (Å²) in [5.74, 6) is -0.849. The highest BCUT2D eigenvalue weighted by Crippen LogP contribution is 2.30. The van der Waals surface area contributed by atoms with Crippen molar-refractivity contribution in [1.82, 2.24) is 5.32 Å². The Morgan fingerprint density at radius 1 is 1.15 bits per heavy atom. The number of carbonyl (C=O) groups is 1. The molecule has 0 aromatic heterocycles. The van der Waals surface area contributed by atoms with Gasteiger partial charge in [-0.2, -0.15) is 0 Å². The Hall–Kier alpha value is -1.83. The van der Waals surface area contributed by atoms with E-state index in [9.17, 15) is 17.6 Å². The van der Waals surface area contributed by atoms with Crippen LogP contribution in [0.1, 0.15) is 18.9 Å². The molecule has 0 saturated heterocycles. The van der Waals surface area contributed by atoms with Crippen LogP contribution in [0.15, 0.2) is 42.5 Å². The first-order valence-corrected chi connectivity index (χ1v) is 10.7. The maximum atomic E-state index is 13.0. The van der Waals surface area contributed by atoms with E-state index >= 15 is 0 Å². The fourth-order valence-corrected chi connectivity index (χ4v) is 4.09. The maximum absolute atomic E-state index is 13.0. The van der Waals surface area contributed by atoms with E-state index < -0.39 is 22.0 Å². The Kier molecular flexibility index (Phi) is 7.08. The maximum Gasteiger partial charge on any atom is 0.244 e. The summed E-state index contributed by atoms with van der Waals surface area (Å²) in [7, 11) is -3.77. The summed E-state index contributed by atoms with van der Waals surface area (Å²) in [6.07, 6.45) is 1.26. The Balaban J connectivity index is 2.27. The molecule has 1 amide bonds. The third-order valence-corrected chi connectivity index (χ3v) is 5.79. The number of hydrogen-bond donors (Lipinski definition) is 1. The average Bonchev–Trinajstić information content (AvgIpc) is 2.60. The third-order valence-electron chi connectivity index (χ3n) is 3.87. The van der Waals surface area contributed by atoms with Gasteiger partial charge in [0.15, 0.2) is 0 Å². The zero-order valence-corrected chi connectivity index (χ0v) is 17.1. The van der Waals surface area contributed by atoms with Gasteiger partial charge in [0.2, 0.25) is 15.9 Å². The molecule has 5 nitrogen and oxygen atoms in total. The van der Waals surface area contributed by atoms with Crippen LogP contribution < -0.4 is 9.62 Å². The van der Waals surface area contributed by atoms with Crippen LogP contribution in [0.25, 0.3) is 0 Å². The fourth-order valence-electron chi connectivity index (χ4n) is 2.59. The quantitative estimate of drug-likeness (QED) is 0.718. The molecule has 0 aliphatic carbocycles. The lowest BCUT2D eigenvalue weighted by atomic mass is 10.1. The Morgan fingerprint density at radius 2 is 1.78 bits per heavy atom. The van der Waals surface area contributed by atoms with E-state index in [-0.39, 0.29) is 34.5 Å². The second-order valence-corrected chi connectivity index (χ2v) is 8.60. The molecule has 1 atom stereocenters. The third kappa shape index (κ3) is 5.57. The van der Waals surface area contributed by atoms with Crippen molar-refractivity contribution in [2.24, 2.45) is 0 Å². The average molecular weight is 433 g/mol. The molecule has 0 aliphatic heterocycles. The zero-order chi connectivity index (χ0) is 20.2. The number of anilines is 1. The lowest BCUT2D eigenvalue weighted by Crippen LogP contribution is -2.49. The van der Waals surface area contributed by atoms with Gasteiger partial charge in [0.1, 0.15) is 11.9 Å². The molecule has 0 aliphatic rings. The van der Waals surface area contributed by atoms with Gasteiger partial charge in [-0.05, 0) is 42.3 Å². The summed E-state index contributed by atoms with van der Waals surface area (Å²) < 4.78 is 38.7. The van der Waals surface area contributed by atoms with Crippen molar-refractivity contribution in [1.29, 1.82) is 0 Å². The first-order valence-electron chi connectivity index (χ1n) is 8.10. The molecule has 0 fully saturated rings. The van der Waals surface area contributed by atoms with Crippen LogP contribution in [0, 0.1) is 5.82 Å². The van der Waals surface area contributed by atoms with Gasteiger partial charge in [-0.25, -0.2) is 12.8 Å². The van der Waals surface area contributed by atoms with E-state index in [4.69, 9.17) is 23.2 Å². The van der Waals surface area contributed by atoms with Crippen LogP contribution in [-0.4, -0.2) is 26.6 Å². The predicted molar refractivity (Wildman–Crippen MR) is 106 cm³/mol. The minimum atomic E-state index is -3.77. The number of amides is 1. The number of halogens is 3. The van der Waals surface area contributed by atoms with E-state index in [0.29, 0.717) is 5.56 Å². The molecule has 0 saturated carbocycles. The molecule has 2 rings (SSSR count). The minimum Gasteiger partial charge on any atom is -0.350 e. The normalized spacial score (nSPS) is 12.5. The van der Waals surface area contributed by atoms with Gasteiger partial charge in [-0.3, -0.25) is 9.10 Å². The van der Waals surface area contributed by atoms with Crippen molar-refractivity contribution in [3.63, 3.8) is 0 Å². The Bertz CT molecular complexity index is 921. The van der Waals surface area contributed by atoms with E-state index in [1.165, 1.54) is 30.3 Å². The SMILES string of the molecule is CCC(C(=O)NCc1ccc(F)cc1)N(c1ccc(Cl)c(Cl)c1)S(C)(=O)=O. The molecule has 27 heavy (non-hydrogen) atoms. The van der Waals surface area contributed by atoms with Gasteiger partial charge in [0.25, 0.3) is 0 Å². The largest absolute Gasteiger partial charge is 0.350 e. The molecule has 0 bridgehead atoms. The van der Waals surface area contributed by atoms with Crippen LogP contribution in [0.3, 0.4) is 0 Å². The summed E-state index contributed by atoms with van der Waals surface area (Å²) in [4.78, 5) is 12.7. The number of benzene rings is 2. The highest BCUT2D eigenvalue weighted by molar-refractivity contribution is 7.92. The topological polar surface area (TPSA) is 66.5 Å². The molecule has 146 valence electrons. The number of rotatable bonds is 7. The van der Waals surface area contributed by atoms with Crippen LogP contribution in [0.5, 0.6) is 0 Å². The summed E-state index contributed by atoms with van der Waals surface area (Å²) in [5, 5.41) is 3.16. The van der Waals surface area contributed by atoms with Crippen molar-refractivity contribution in [3.8, 4) is 0 Å². The summed E-state index contributed by atoms with van der Waals surface area (Å²) >= 11 is 11.9. The smallest absolute Gasteiger partial charge is 0.244 e. The first kappa shape index (κ1) is 21.5. The molecule has 9 heteroatoms. The van der Waals surface area contributed by atoms with E-state index in [1.807, 2.05) is 0 Å². The Morgan fingerprint density at radius 3 is 2.30 bits per heavy atom. The van der Waals surface area contributed by atoms with Crippen molar-refractivity contribution < 1.29 is 17.6 Å². The molecule has 0 spiro atoms. The van der Waals surface area contributed by atoms with Gasteiger partial charge in [-0.15, -0.1) is 0 Å². The molecule has 1 N–H and O–H groups in total. The highest BCUT2D eigenvalue weighted by Gasteiger charge is 2.31. The number of hydrogen-bond acceptors (Lipinski definition) is 3. The standard InChI is InChI=1S/C18H19Cl2FN2O3S/c1-3-17(18(24)22-11-12-4-6-13(21)7-5-12)23(27(2,25)26)14-8-9-15(19)16(20)10-14/h4-10,17H,3,11H2,1-2H3,(H,22,24). The van der Waals surface area contributed by atoms with Crippen LogP contribution in [0.4, 0.5) is 10.1 Å². The summed E-state index contributed by atoms with van der Waals surface area (Å²) in [5.41, 5.74) is 0.940. The molecular weight excluding hydrogens is 414 g/mol. The summed E-state index contributed by atoms with van der Waals surface area (Å²) in [6.45, 7) is 1.85. The summed E-state index contributed by atoms with van der Waals surface area (Å²) in [6, 6.07) is 9.06. The predicted octanol–water partition coefficient (Wildman–Crippen LogP) is 3.99. The van der Waals surface area contributed by atoms with Gasteiger partial charge >= 0.3 is 0 Å². The van der Waals surface area contributed by atoms with Crippen molar-refractivity contribution in [2.45, 2.75) is 25.9 Å². The van der Waals surface area contributed by atoms with Crippen molar-refractivity contribution >= 4 is 44.8 Å². The zero-order valence-electron chi connectivity index (χ0n) is 14.7. The van der Waals surface area contributed by atoms with Gasteiger partial charge in [0.05, 0.1) is 22.0 Å². The number of sulfonamides is 1. The van der Waals surface area contributed by atoms with Gasteiger partial charge in [-0.1, -0.05) is 42.3 Å². The molecule has 2 aromatic carbocycles. The lowest BCUT2D eigenvalue weighted by molar-refractivity contribution is -0.122. The van der Waals surface area contributed by atoms with E-state index in [2.05, 4.69) is 5.32 Å². The van der Waals surface area contributed by atoms with E-state index in [1.54, 1.807) is 19.1 Å². The fraction of sp³-hybridized carbons (Fsp3) is 0.278. The van der Waals surface area contributed by atoms with Crippen molar-refractivity contribution in [2.75, 3.05) is 10.6 Å².